The Kier molecular flexibility index (Phi) is 2.48. The molecule has 1 heterocycles. The zero-order chi connectivity index (χ0) is 11.1. The van der Waals surface area contributed by atoms with E-state index in [2.05, 4.69) is 0 Å². The Hall–Kier alpha value is -0.650. The summed E-state index contributed by atoms with van der Waals surface area (Å²) >= 11 is 0. The van der Waals surface area contributed by atoms with E-state index in [-0.39, 0.29) is 17.6 Å². The van der Waals surface area contributed by atoms with E-state index in [1.807, 2.05) is 19.9 Å². The lowest BCUT2D eigenvalue weighted by Gasteiger charge is -2.09. The molecule has 0 radical (unpaired) electrons. The van der Waals surface area contributed by atoms with E-state index in [1.165, 1.54) is 0 Å². The lowest BCUT2D eigenvalue weighted by atomic mass is 10.0. The molecule has 1 aliphatic carbocycles. The van der Waals surface area contributed by atoms with Crippen molar-refractivity contribution in [2.75, 3.05) is 6.61 Å². The van der Waals surface area contributed by atoms with Crippen LogP contribution >= 0.6 is 0 Å². The maximum Gasteiger partial charge on any atom is 0.295 e. The fraction of sp³-hybridized carbons (Fsp3) is 0.600. The van der Waals surface area contributed by atoms with Crippen LogP contribution in [0.2, 0.25) is 0 Å². The van der Waals surface area contributed by atoms with Gasteiger partial charge in [-0.15, -0.1) is 0 Å². The van der Waals surface area contributed by atoms with Crippen molar-refractivity contribution >= 4 is 10.1 Å². The first-order valence-electron chi connectivity index (χ1n) is 4.96. The van der Waals surface area contributed by atoms with Gasteiger partial charge in [-0.1, -0.05) is 19.1 Å². The topological polar surface area (TPSA) is 55.9 Å². The van der Waals surface area contributed by atoms with Crippen molar-refractivity contribution in [3.8, 4) is 0 Å². The summed E-state index contributed by atoms with van der Waals surface area (Å²) in [7, 11) is -3.61. The van der Waals surface area contributed by atoms with E-state index in [0.29, 0.717) is 6.42 Å². The van der Waals surface area contributed by atoms with Crippen molar-refractivity contribution in [2.45, 2.75) is 32.0 Å². The van der Waals surface area contributed by atoms with Crippen molar-refractivity contribution in [2.24, 2.45) is 0 Å². The maximum atomic E-state index is 11.7. The van der Waals surface area contributed by atoms with Crippen LogP contribution < -0.4 is 0 Å². The first-order chi connectivity index (χ1) is 6.99. The highest BCUT2D eigenvalue weighted by atomic mass is 32.2. The molecule has 0 aromatic heterocycles. The van der Waals surface area contributed by atoms with Gasteiger partial charge in [0.1, 0.15) is 16.6 Å². The molecule has 0 N–H and O–H groups in total. The molecule has 2 aliphatic rings. The molecule has 0 saturated carbocycles. The standard InChI is InChI=1S/C10H14O4S/c1-3-7-13-15(11,12)8-5-4-6-10(2)9(8)14-10/h4-6,9H,3,7H2,1-2H3. The number of allylic oxidation sites excluding steroid dienone is 2. The molecule has 0 amide bonds. The van der Waals surface area contributed by atoms with Crippen LogP contribution in [-0.4, -0.2) is 26.7 Å². The quantitative estimate of drug-likeness (QED) is 0.540. The van der Waals surface area contributed by atoms with Gasteiger partial charge in [0.2, 0.25) is 0 Å². The van der Waals surface area contributed by atoms with E-state index >= 15 is 0 Å². The van der Waals surface area contributed by atoms with E-state index in [4.69, 9.17) is 8.92 Å². The minimum atomic E-state index is -3.61. The fourth-order valence-corrected chi connectivity index (χ4v) is 2.90. The zero-order valence-electron chi connectivity index (χ0n) is 8.76. The number of fused-ring (bicyclic) bond motifs is 1. The van der Waals surface area contributed by atoms with Gasteiger partial charge in [-0.2, -0.15) is 8.42 Å². The molecule has 0 spiro atoms. The summed E-state index contributed by atoms with van der Waals surface area (Å²) in [5.74, 6) is 0. The van der Waals surface area contributed by atoms with Gasteiger partial charge in [-0.05, 0) is 19.4 Å². The van der Waals surface area contributed by atoms with Crippen LogP contribution in [0.3, 0.4) is 0 Å². The minimum absolute atomic E-state index is 0.215. The molecule has 0 aromatic carbocycles. The summed E-state index contributed by atoms with van der Waals surface area (Å²) in [4.78, 5) is 0.237. The number of rotatable bonds is 4. The summed E-state index contributed by atoms with van der Waals surface area (Å²) < 4.78 is 33.6. The van der Waals surface area contributed by atoms with Crippen molar-refractivity contribution < 1.29 is 17.3 Å². The number of hydrogen-bond acceptors (Lipinski definition) is 4. The lowest BCUT2D eigenvalue weighted by molar-refractivity contribution is 0.318. The minimum Gasteiger partial charge on any atom is -0.356 e. The van der Waals surface area contributed by atoms with Gasteiger partial charge in [-0.3, -0.25) is 4.18 Å². The van der Waals surface area contributed by atoms with Gasteiger partial charge in [0.15, 0.2) is 0 Å². The fourth-order valence-electron chi connectivity index (χ4n) is 1.58. The first kappa shape index (κ1) is 10.9. The SMILES string of the molecule is CCCOS(=O)(=O)C1=CC=CC2(C)OC12. The molecule has 84 valence electrons. The average Bonchev–Trinajstić information content (AvgIpc) is 2.86. The Bertz CT molecular complexity index is 421. The van der Waals surface area contributed by atoms with E-state index in [0.717, 1.165) is 0 Å². The summed E-state index contributed by atoms with van der Waals surface area (Å²) in [6.07, 6.45) is 5.42. The van der Waals surface area contributed by atoms with Crippen LogP contribution in [0, 0.1) is 0 Å². The van der Waals surface area contributed by atoms with Gasteiger partial charge >= 0.3 is 0 Å². The third kappa shape index (κ3) is 1.87. The Morgan fingerprint density at radius 2 is 2.33 bits per heavy atom. The molecule has 1 fully saturated rings. The van der Waals surface area contributed by atoms with Crippen LogP contribution in [0.4, 0.5) is 0 Å². The van der Waals surface area contributed by atoms with Crippen LogP contribution in [-0.2, 0) is 19.0 Å². The Labute approximate surface area is 89.7 Å². The first-order valence-corrected chi connectivity index (χ1v) is 6.37. The molecule has 2 unspecified atom stereocenters. The summed E-state index contributed by atoms with van der Waals surface area (Å²) in [5, 5.41) is 0. The summed E-state index contributed by atoms with van der Waals surface area (Å²) in [6.45, 7) is 3.94. The highest BCUT2D eigenvalue weighted by molar-refractivity contribution is 7.90. The summed E-state index contributed by atoms with van der Waals surface area (Å²) in [5.41, 5.74) is -0.438. The molecule has 2 atom stereocenters. The van der Waals surface area contributed by atoms with Crippen LogP contribution in [0.5, 0.6) is 0 Å². The molecule has 2 rings (SSSR count). The van der Waals surface area contributed by atoms with Crippen molar-refractivity contribution in [3.63, 3.8) is 0 Å². The predicted molar refractivity (Wildman–Crippen MR) is 55.7 cm³/mol. The van der Waals surface area contributed by atoms with Crippen LogP contribution in [0.25, 0.3) is 0 Å². The number of epoxide rings is 1. The third-order valence-corrected chi connectivity index (χ3v) is 3.92. The molecule has 0 bridgehead atoms. The molecule has 1 saturated heterocycles. The smallest absolute Gasteiger partial charge is 0.295 e. The largest absolute Gasteiger partial charge is 0.356 e. The lowest BCUT2D eigenvalue weighted by Crippen LogP contribution is -2.19. The third-order valence-electron chi connectivity index (χ3n) is 2.51. The molecule has 15 heavy (non-hydrogen) atoms. The second-order valence-electron chi connectivity index (χ2n) is 3.89. The van der Waals surface area contributed by atoms with E-state index in [1.54, 1.807) is 12.2 Å². The molecule has 0 aromatic rings. The van der Waals surface area contributed by atoms with Gasteiger partial charge in [0.05, 0.1) is 6.61 Å². The molecule has 1 aliphatic heterocycles. The van der Waals surface area contributed by atoms with Crippen molar-refractivity contribution in [3.05, 3.63) is 23.1 Å². The zero-order valence-corrected chi connectivity index (χ0v) is 9.58. The highest BCUT2D eigenvalue weighted by Gasteiger charge is 2.56. The van der Waals surface area contributed by atoms with Crippen LogP contribution in [0.1, 0.15) is 20.3 Å². The summed E-state index contributed by atoms with van der Waals surface area (Å²) in [6, 6.07) is 0. The van der Waals surface area contributed by atoms with E-state index < -0.39 is 15.7 Å². The molecular formula is C10H14O4S. The van der Waals surface area contributed by atoms with Crippen molar-refractivity contribution in [1.82, 2.24) is 0 Å². The molecular weight excluding hydrogens is 216 g/mol. The highest BCUT2D eigenvalue weighted by Crippen LogP contribution is 2.46. The Balaban J connectivity index is 2.18. The number of hydrogen-bond donors (Lipinski definition) is 0. The molecule has 5 heteroatoms. The van der Waals surface area contributed by atoms with Crippen LogP contribution in [0.15, 0.2) is 23.1 Å². The normalized spacial score (nSPS) is 33.5. The Morgan fingerprint density at radius 3 is 3.00 bits per heavy atom. The Morgan fingerprint density at radius 1 is 1.60 bits per heavy atom. The van der Waals surface area contributed by atoms with Gasteiger partial charge in [0, 0.05) is 0 Å². The second kappa shape index (κ2) is 3.43. The van der Waals surface area contributed by atoms with Crippen molar-refractivity contribution in [1.29, 1.82) is 0 Å². The maximum absolute atomic E-state index is 11.7. The van der Waals surface area contributed by atoms with E-state index in [9.17, 15) is 8.42 Å². The monoisotopic (exact) mass is 230 g/mol. The second-order valence-corrected chi connectivity index (χ2v) is 5.50. The number of ether oxygens (including phenoxy) is 1. The molecule has 4 nitrogen and oxygen atoms in total. The van der Waals surface area contributed by atoms with Gasteiger partial charge in [0.25, 0.3) is 10.1 Å². The van der Waals surface area contributed by atoms with Gasteiger partial charge < -0.3 is 4.74 Å². The van der Waals surface area contributed by atoms with Gasteiger partial charge in [-0.25, -0.2) is 0 Å². The predicted octanol–water partition coefficient (Wildman–Crippen LogP) is 1.35. The average molecular weight is 230 g/mol.